The monoisotopic (exact) mass is 155 g/mol. The Hall–Kier alpha value is -0.870. The minimum Gasteiger partial charge on any atom is -0.399 e. The number of nitrogen functional groups attached to an aromatic ring is 2. The lowest BCUT2D eigenvalue weighted by molar-refractivity contribution is 1.46. The molecule has 0 atom stereocenters. The van der Waals surface area contributed by atoms with Crippen molar-refractivity contribution in [3.8, 4) is 0 Å². The molecule has 0 heterocycles. The molecule has 0 aliphatic carbocycles. The highest BCUT2D eigenvalue weighted by molar-refractivity contribution is 7.97. The highest BCUT2D eigenvalue weighted by atomic mass is 32.2. The van der Waals surface area contributed by atoms with E-state index >= 15 is 0 Å². The van der Waals surface area contributed by atoms with E-state index in [1.807, 2.05) is 0 Å². The molecule has 0 aromatic heterocycles. The second-order valence-corrected chi connectivity index (χ2v) is 2.59. The van der Waals surface area contributed by atoms with Gasteiger partial charge in [-0.2, -0.15) is 0 Å². The number of hydrogen-bond acceptors (Lipinski definition) is 4. The second-order valence-electron chi connectivity index (χ2n) is 1.92. The van der Waals surface area contributed by atoms with Crippen molar-refractivity contribution in [3.05, 3.63) is 18.2 Å². The molecule has 10 heavy (non-hydrogen) atoms. The van der Waals surface area contributed by atoms with Crippen LogP contribution in [0.4, 0.5) is 11.4 Å². The van der Waals surface area contributed by atoms with Gasteiger partial charge in [-0.1, -0.05) is 0 Å². The van der Waals surface area contributed by atoms with Gasteiger partial charge in [-0.25, -0.2) is 0 Å². The molecule has 3 nitrogen and oxygen atoms in total. The highest BCUT2D eigenvalue weighted by Crippen LogP contribution is 2.22. The summed E-state index contributed by atoms with van der Waals surface area (Å²) < 4.78 is 0. The fraction of sp³-hybridized carbons (Fsp3) is 0. The molecular formula is C6H9N3S. The van der Waals surface area contributed by atoms with Crippen LogP contribution in [-0.2, 0) is 0 Å². The first-order chi connectivity index (χ1) is 4.74. The van der Waals surface area contributed by atoms with Crippen LogP contribution in [0.25, 0.3) is 0 Å². The average Bonchev–Trinajstić information content (AvgIpc) is 1.94. The van der Waals surface area contributed by atoms with E-state index in [4.69, 9.17) is 16.6 Å². The summed E-state index contributed by atoms with van der Waals surface area (Å²) >= 11 is 1.10. The van der Waals surface area contributed by atoms with Gasteiger partial charge in [0, 0.05) is 16.3 Å². The van der Waals surface area contributed by atoms with Crippen LogP contribution in [0, 0.1) is 0 Å². The number of nitrogens with two attached hydrogens (primary N) is 3. The maximum atomic E-state index is 5.54. The third-order valence-corrected chi connectivity index (χ3v) is 1.77. The normalized spacial score (nSPS) is 9.70. The summed E-state index contributed by atoms with van der Waals surface area (Å²) in [5.41, 5.74) is 12.4. The molecule has 0 saturated carbocycles. The van der Waals surface area contributed by atoms with Crippen molar-refractivity contribution in [1.82, 2.24) is 0 Å². The Morgan fingerprint density at radius 2 is 1.90 bits per heavy atom. The zero-order valence-electron chi connectivity index (χ0n) is 5.37. The van der Waals surface area contributed by atoms with Crippen LogP contribution in [0.5, 0.6) is 0 Å². The SMILES string of the molecule is NSc1cc(N)ccc1N. The molecular weight excluding hydrogens is 146 g/mol. The highest BCUT2D eigenvalue weighted by Gasteiger charge is 1.96. The quantitative estimate of drug-likeness (QED) is 0.414. The van der Waals surface area contributed by atoms with Gasteiger partial charge in [-0.15, -0.1) is 0 Å². The molecule has 54 valence electrons. The third kappa shape index (κ3) is 1.34. The summed E-state index contributed by atoms with van der Waals surface area (Å²) in [6, 6.07) is 5.24. The van der Waals surface area contributed by atoms with Crippen molar-refractivity contribution >= 4 is 23.3 Å². The molecule has 0 spiro atoms. The van der Waals surface area contributed by atoms with Gasteiger partial charge in [-0.3, -0.25) is 5.14 Å². The standard InChI is InChI=1S/C6H9N3S/c7-4-1-2-5(8)6(3-4)10-9/h1-3H,7-9H2. The summed E-state index contributed by atoms with van der Waals surface area (Å²) in [6.07, 6.45) is 0. The van der Waals surface area contributed by atoms with Crippen LogP contribution in [0.3, 0.4) is 0 Å². The van der Waals surface area contributed by atoms with Crippen LogP contribution in [-0.4, -0.2) is 0 Å². The van der Waals surface area contributed by atoms with Gasteiger partial charge in [0.25, 0.3) is 0 Å². The van der Waals surface area contributed by atoms with E-state index in [0.29, 0.717) is 11.4 Å². The van der Waals surface area contributed by atoms with Crippen molar-refractivity contribution < 1.29 is 0 Å². The summed E-state index contributed by atoms with van der Waals surface area (Å²) in [7, 11) is 0. The maximum Gasteiger partial charge on any atom is 0.0475 e. The van der Waals surface area contributed by atoms with Crippen LogP contribution < -0.4 is 16.6 Å². The van der Waals surface area contributed by atoms with Crippen molar-refractivity contribution in [2.24, 2.45) is 5.14 Å². The van der Waals surface area contributed by atoms with Crippen molar-refractivity contribution in [1.29, 1.82) is 0 Å². The molecule has 0 unspecified atom stereocenters. The molecule has 0 bridgehead atoms. The van der Waals surface area contributed by atoms with Crippen LogP contribution >= 0.6 is 11.9 Å². The van der Waals surface area contributed by atoms with Gasteiger partial charge >= 0.3 is 0 Å². The first kappa shape index (κ1) is 7.24. The lowest BCUT2D eigenvalue weighted by Gasteiger charge is -2.01. The van der Waals surface area contributed by atoms with Gasteiger partial charge in [0.15, 0.2) is 0 Å². The molecule has 4 heteroatoms. The summed E-state index contributed by atoms with van der Waals surface area (Å²) in [5.74, 6) is 0. The van der Waals surface area contributed by atoms with E-state index in [2.05, 4.69) is 0 Å². The molecule has 0 saturated heterocycles. The van der Waals surface area contributed by atoms with E-state index in [1.54, 1.807) is 18.2 Å². The fourth-order valence-corrected chi connectivity index (χ4v) is 1.06. The molecule has 0 amide bonds. The molecule has 6 N–H and O–H groups in total. The van der Waals surface area contributed by atoms with Crippen LogP contribution in [0.2, 0.25) is 0 Å². The van der Waals surface area contributed by atoms with Gasteiger partial charge < -0.3 is 11.5 Å². The molecule has 1 aromatic rings. The second kappa shape index (κ2) is 2.81. The third-order valence-electron chi connectivity index (χ3n) is 1.16. The van der Waals surface area contributed by atoms with E-state index < -0.39 is 0 Å². The average molecular weight is 155 g/mol. The van der Waals surface area contributed by atoms with E-state index in [9.17, 15) is 0 Å². The lowest BCUT2D eigenvalue weighted by Crippen LogP contribution is -1.93. The Morgan fingerprint density at radius 1 is 1.20 bits per heavy atom. The summed E-state index contributed by atoms with van der Waals surface area (Å²) in [4.78, 5) is 0.819. The van der Waals surface area contributed by atoms with Gasteiger partial charge in [0.2, 0.25) is 0 Å². The van der Waals surface area contributed by atoms with Gasteiger partial charge in [0.1, 0.15) is 0 Å². The maximum absolute atomic E-state index is 5.54. The van der Waals surface area contributed by atoms with Crippen molar-refractivity contribution in [3.63, 3.8) is 0 Å². The molecule has 0 radical (unpaired) electrons. The molecule has 0 aliphatic heterocycles. The Morgan fingerprint density at radius 3 is 2.40 bits per heavy atom. The fourth-order valence-electron chi connectivity index (χ4n) is 0.653. The predicted octanol–water partition coefficient (Wildman–Crippen LogP) is 0.817. The molecule has 1 rings (SSSR count). The van der Waals surface area contributed by atoms with E-state index in [-0.39, 0.29) is 0 Å². The van der Waals surface area contributed by atoms with Gasteiger partial charge in [-0.05, 0) is 30.1 Å². The Labute approximate surface area is 63.7 Å². The number of anilines is 2. The molecule has 0 fully saturated rings. The zero-order valence-corrected chi connectivity index (χ0v) is 6.19. The van der Waals surface area contributed by atoms with E-state index in [0.717, 1.165) is 16.8 Å². The Balaban J connectivity index is 3.09. The minimum absolute atomic E-state index is 0.668. The number of rotatable bonds is 1. The zero-order chi connectivity index (χ0) is 7.56. The first-order valence-electron chi connectivity index (χ1n) is 2.76. The van der Waals surface area contributed by atoms with Crippen LogP contribution in [0.1, 0.15) is 0 Å². The van der Waals surface area contributed by atoms with E-state index in [1.165, 1.54) is 0 Å². The predicted molar refractivity (Wildman–Crippen MR) is 45.3 cm³/mol. The minimum atomic E-state index is 0.668. The van der Waals surface area contributed by atoms with Gasteiger partial charge in [0.05, 0.1) is 0 Å². The Bertz CT molecular complexity index is 236. The largest absolute Gasteiger partial charge is 0.399 e. The molecule has 0 aliphatic rings. The number of benzene rings is 1. The summed E-state index contributed by atoms with van der Waals surface area (Å²) in [6.45, 7) is 0. The van der Waals surface area contributed by atoms with Crippen LogP contribution in [0.15, 0.2) is 23.1 Å². The topological polar surface area (TPSA) is 78.1 Å². The lowest BCUT2D eigenvalue weighted by atomic mass is 10.3. The smallest absolute Gasteiger partial charge is 0.0475 e. The first-order valence-corrected chi connectivity index (χ1v) is 3.63. The Kier molecular flexibility index (Phi) is 2.03. The summed E-state index contributed by atoms with van der Waals surface area (Å²) in [5, 5.41) is 5.30. The van der Waals surface area contributed by atoms with Crippen molar-refractivity contribution in [2.75, 3.05) is 11.5 Å². The molecule has 1 aromatic carbocycles. The number of hydrogen-bond donors (Lipinski definition) is 3. The van der Waals surface area contributed by atoms with Crippen molar-refractivity contribution in [2.45, 2.75) is 4.90 Å².